The molecule has 1 N–H and O–H groups in total. The second-order valence-corrected chi connectivity index (χ2v) is 6.68. The summed E-state index contributed by atoms with van der Waals surface area (Å²) in [7, 11) is 0. The Morgan fingerprint density at radius 2 is 2.05 bits per heavy atom. The Morgan fingerprint density at radius 1 is 1.29 bits per heavy atom. The van der Waals surface area contributed by atoms with Gasteiger partial charge in [0, 0.05) is 9.35 Å². The van der Waals surface area contributed by atoms with Gasteiger partial charge in [0.05, 0.1) is 17.8 Å². The van der Waals surface area contributed by atoms with Gasteiger partial charge in [-0.1, -0.05) is 12.1 Å². The third-order valence-electron chi connectivity index (χ3n) is 3.42. The molecule has 4 nitrogen and oxygen atoms in total. The van der Waals surface area contributed by atoms with Gasteiger partial charge in [0.25, 0.3) is 5.91 Å². The lowest BCUT2D eigenvalue weighted by molar-refractivity contribution is -0.120. The van der Waals surface area contributed by atoms with Gasteiger partial charge in [-0.25, -0.2) is 0 Å². The second kappa shape index (κ2) is 5.61. The number of fused-ring (bicyclic) bond motifs is 1. The van der Waals surface area contributed by atoms with E-state index in [-0.39, 0.29) is 11.8 Å². The van der Waals surface area contributed by atoms with Crippen LogP contribution in [-0.2, 0) is 11.3 Å². The maximum absolute atomic E-state index is 12.6. The topological polar surface area (TPSA) is 49.4 Å². The molecule has 1 aromatic heterocycles. The molecule has 1 unspecified atom stereocenters. The highest BCUT2D eigenvalue weighted by Crippen LogP contribution is 2.30. The molecular weight excluding hydrogens is 352 g/mol. The first kappa shape index (κ1) is 14.3. The van der Waals surface area contributed by atoms with Gasteiger partial charge in [-0.05, 0) is 46.4 Å². The molecule has 0 bridgehead atoms. The maximum atomic E-state index is 12.6. The average molecular weight is 365 g/mol. The predicted molar refractivity (Wildman–Crippen MR) is 86.6 cm³/mol. The Balaban J connectivity index is 2.07. The minimum absolute atomic E-state index is 0.103. The number of nitrogens with one attached hydrogen (secondary N) is 1. The molecule has 1 aliphatic rings. The van der Waals surface area contributed by atoms with Crippen molar-refractivity contribution in [3.63, 3.8) is 0 Å². The Kier molecular flexibility index (Phi) is 3.82. The molecule has 6 heteroatoms. The van der Waals surface area contributed by atoms with Crippen LogP contribution in [0.4, 0.5) is 5.69 Å². The van der Waals surface area contributed by atoms with E-state index in [0.717, 1.165) is 9.35 Å². The fourth-order valence-electron chi connectivity index (χ4n) is 2.33. The first-order chi connectivity index (χ1) is 10.1. The maximum Gasteiger partial charge on any atom is 0.254 e. The first-order valence-electron chi connectivity index (χ1n) is 6.51. The number of carbonyl (C=O) groups excluding carboxylic acids is 2. The number of rotatable bonds is 2. The molecule has 0 radical (unpaired) electrons. The van der Waals surface area contributed by atoms with E-state index in [0.29, 0.717) is 17.8 Å². The first-order valence-corrected chi connectivity index (χ1v) is 8.18. The highest BCUT2D eigenvalue weighted by Gasteiger charge is 2.31. The van der Waals surface area contributed by atoms with Gasteiger partial charge in [0.2, 0.25) is 5.91 Å². The summed E-state index contributed by atoms with van der Waals surface area (Å²) in [5.74, 6) is -0.312. The quantitative estimate of drug-likeness (QED) is 0.889. The molecule has 1 atom stereocenters. The molecule has 3 rings (SSSR count). The summed E-state index contributed by atoms with van der Waals surface area (Å²) >= 11 is 5.07. The molecule has 0 saturated heterocycles. The van der Waals surface area contributed by atoms with E-state index in [1.165, 1.54) is 0 Å². The number of hydrogen-bond acceptors (Lipinski definition) is 3. The number of para-hydroxylation sites is 1. The normalized spacial score (nSPS) is 18.2. The fraction of sp³-hybridized carbons (Fsp3) is 0.200. The Bertz CT molecular complexity index is 713. The van der Waals surface area contributed by atoms with Crippen LogP contribution in [0.1, 0.15) is 22.2 Å². The van der Waals surface area contributed by atoms with Crippen molar-refractivity contribution in [3.8, 4) is 0 Å². The van der Waals surface area contributed by atoms with E-state index in [4.69, 9.17) is 0 Å². The van der Waals surface area contributed by atoms with Crippen LogP contribution in [0.25, 0.3) is 0 Å². The number of nitrogens with zero attached hydrogens (tertiary/aromatic N) is 1. The van der Waals surface area contributed by atoms with Crippen LogP contribution in [-0.4, -0.2) is 17.9 Å². The van der Waals surface area contributed by atoms with Gasteiger partial charge >= 0.3 is 0 Å². The Morgan fingerprint density at radius 3 is 2.76 bits per heavy atom. The highest BCUT2D eigenvalue weighted by molar-refractivity contribution is 9.10. The van der Waals surface area contributed by atoms with E-state index in [2.05, 4.69) is 21.2 Å². The second-order valence-electron chi connectivity index (χ2n) is 4.83. The molecule has 2 amide bonds. The smallest absolute Gasteiger partial charge is 0.254 e. The van der Waals surface area contributed by atoms with E-state index < -0.39 is 6.04 Å². The van der Waals surface area contributed by atoms with Crippen LogP contribution in [0.15, 0.2) is 40.2 Å². The van der Waals surface area contributed by atoms with Crippen LogP contribution < -0.4 is 10.2 Å². The van der Waals surface area contributed by atoms with Crippen LogP contribution in [0.2, 0.25) is 0 Å². The monoisotopic (exact) mass is 364 g/mol. The minimum Gasteiger partial charge on any atom is -0.340 e. The van der Waals surface area contributed by atoms with Crippen molar-refractivity contribution >= 4 is 44.8 Å². The van der Waals surface area contributed by atoms with Gasteiger partial charge in [-0.15, -0.1) is 11.3 Å². The molecule has 0 aliphatic carbocycles. The van der Waals surface area contributed by atoms with Crippen molar-refractivity contribution in [1.82, 2.24) is 5.32 Å². The molecule has 1 aliphatic heterocycles. The molecule has 2 heterocycles. The van der Waals surface area contributed by atoms with Crippen molar-refractivity contribution in [1.29, 1.82) is 0 Å². The number of benzene rings is 1. The van der Waals surface area contributed by atoms with Crippen molar-refractivity contribution in [3.05, 3.63) is 50.6 Å². The third-order valence-corrected chi connectivity index (χ3v) is 5.33. The minimum atomic E-state index is -0.538. The van der Waals surface area contributed by atoms with Gasteiger partial charge in [-0.3, -0.25) is 9.59 Å². The fourth-order valence-corrected chi connectivity index (χ4v) is 3.80. The lowest BCUT2D eigenvalue weighted by atomic mass is 10.1. The number of thiophene rings is 1. The summed E-state index contributed by atoms with van der Waals surface area (Å²) in [6.07, 6.45) is 0. The van der Waals surface area contributed by atoms with Crippen LogP contribution in [0.3, 0.4) is 0 Å². The van der Waals surface area contributed by atoms with E-state index in [1.54, 1.807) is 35.3 Å². The summed E-state index contributed by atoms with van der Waals surface area (Å²) in [4.78, 5) is 27.5. The van der Waals surface area contributed by atoms with Crippen LogP contribution in [0, 0.1) is 0 Å². The Hall–Kier alpha value is -1.66. The Labute approximate surface area is 134 Å². The summed E-state index contributed by atoms with van der Waals surface area (Å²) in [5, 5.41) is 4.71. The zero-order valence-electron chi connectivity index (χ0n) is 11.3. The molecule has 0 fully saturated rings. The molecular formula is C15H13BrN2O2S. The van der Waals surface area contributed by atoms with Crippen molar-refractivity contribution < 1.29 is 9.59 Å². The van der Waals surface area contributed by atoms with Gasteiger partial charge in [-0.2, -0.15) is 0 Å². The largest absolute Gasteiger partial charge is 0.340 e. The highest BCUT2D eigenvalue weighted by atomic mass is 79.9. The van der Waals surface area contributed by atoms with Crippen molar-refractivity contribution in [2.24, 2.45) is 0 Å². The van der Waals surface area contributed by atoms with E-state index in [1.807, 2.05) is 23.6 Å². The summed E-state index contributed by atoms with van der Waals surface area (Å²) in [5.41, 5.74) is 1.19. The third kappa shape index (κ3) is 2.61. The van der Waals surface area contributed by atoms with Crippen LogP contribution in [0.5, 0.6) is 0 Å². The van der Waals surface area contributed by atoms with E-state index in [9.17, 15) is 9.59 Å². The molecule has 1 aromatic carbocycles. The lowest BCUT2D eigenvalue weighted by Crippen LogP contribution is -2.43. The molecule has 0 spiro atoms. The molecule has 108 valence electrons. The van der Waals surface area contributed by atoms with Gasteiger partial charge in [0.1, 0.15) is 6.04 Å². The lowest BCUT2D eigenvalue weighted by Gasteiger charge is -2.23. The molecule has 2 aromatic rings. The molecule has 0 saturated carbocycles. The zero-order valence-corrected chi connectivity index (χ0v) is 13.7. The van der Waals surface area contributed by atoms with E-state index >= 15 is 0 Å². The number of halogens is 1. The van der Waals surface area contributed by atoms with Gasteiger partial charge in [0.15, 0.2) is 0 Å². The summed E-state index contributed by atoms with van der Waals surface area (Å²) in [6.45, 7) is 2.16. The number of anilines is 1. The summed E-state index contributed by atoms with van der Waals surface area (Å²) in [6, 6.07) is 8.62. The standard InChI is InChI=1S/C15H13BrN2O2S/c1-9-15(20)18(8-13-11(16)6-7-21-13)12-5-3-2-4-10(12)14(19)17-9/h2-7,9H,8H2,1H3,(H,17,19). The predicted octanol–water partition coefficient (Wildman–Crippen LogP) is 3.18. The van der Waals surface area contributed by atoms with Crippen molar-refractivity contribution in [2.75, 3.05) is 4.90 Å². The average Bonchev–Trinajstić information content (AvgIpc) is 2.85. The summed E-state index contributed by atoms with van der Waals surface area (Å²) < 4.78 is 0.981. The van der Waals surface area contributed by atoms with Crippen LogP contribution >= 0.6 is 27.3 Å². The SMILES string of the molecule is CC1NC(=O)c2ccccc2N(Cc2sccc2Br)C1=O. The number of carbonyl (C=O) groups is 2. The molecule has 21 heavy (non-hydrogen) atoms. The van der Waals surface area contributed by atoms with Crippen molar-refractivity contribution in [2.45, 2.75) is 19.5 Å². The zero-order chi connectivity index (χ0) is 15.0. The number of hydrogen-bond donors (Lipinski definition) is 1. The van der Waals surface area contributed by atoms with Gasteiger partial charge < -0.3 is 10.2 Å². The number of amides is 2.